The number of imidazole rings is 1. The lowest BCUT2D eigenvalue weighted by molar-refractivity contribution is -0.146. The van der Waals surface area contributed by atoms with E-state index in [2.05, 4.69) is 10.1 Å². The van der Waals surface area contributed by atoms with Crippen molar-refractivity contribution in [3.05, 3.63) is 58.3 Å². The molecule has 0 amide bonds. The molecule has 5 rings (SSSR count). The zero-order valence-electron chi connectivity index (χ0n) is 22.3. The molecular formula is C27H31N5O7. The van der Waals surface area contributed by atoms with Crippen molar-refractivity contribution in [2.75, 3.05) is 20.3 Å². The molecule has 0 spiro atoms. The highest BCUT2D eigenvalue weighted by Crippen LogP contribution is 2.34. The Morgan fingerprint density at radius 1 is 1.26 bits per heavy atom. The number of para-hydroxylation sites is 1. The average Bonchev–Trinajstić information content (AvgIpc) is 3.58. The molecule has 1 saturated heterocycles. The third kappa shape index (κ3) is 4.92. The molecule has 1 atom stereocenters. The first-order valence-electron chi connectivity index (χ1n) is 12.7. The molecule has 4 heterocycles. The first kappa shape index (κ1) is 26.6. The Morgan fingerprint density at radius 3 is 2.67 bits per heavy atom. The molecule has 0 aliphatic carbocycles. The number of aromatic nitrogens is 5. The van der Waals surface area contributed by atoms with Gasteiger partial charge in [0.2, 0.25) is 0 Å². The second-order valence-corrected chi connectivity index (χ2v) is 9.94. The van der Waals surface area contributed by atoms with Gasteiger partial charge in [-0.15, -0.1) is 0 Å². The van der Waals surface area contributed by atoms with Crippen molar-refractivity contribution in [2.24, 2.45) is 7.05 Å². The molecule has 0 radical (unpaired) electrons. The number of oxazole rings is 1. The highest BCUT2D eigenvalue weighted by Gasteiger charge is 2.35. The van der Waals surface area contributed by atoms with Crippen molar-refractivity contribution < 1.29 is 28.5 Å². The van der Waals surface area contributed by atoms with Gasteiger partial charge in [0.05, 0.1) is 31.2 Å². The SMILES string of the molecule is COc1ccccc1[C@H](Cc1nn(C(C)(C)C(=O)O)c(=O)c2c1nc(-c1ncco1)n2C)OC1CCOCC1. The summed E-state index contributed by atoms with van der Waals surface area (Å²) in [5.74, 6) is -0.00763. The van der Waals surface area contributed by atoms with Gasteiger partial charge in [-0.05, 0) is 32.8 Å². The molecule has 1 fully saturated rings. The van der Waals surface area contributed by atoms with E-state index in [1.165, 1.54) is 26.3 Å². The fourth-order valence-electron chi connectivity index (χ4n) is 4.77. The molecule has 12 heteroatoms. The van der Waals surface area contributed by atoms with Crippen LogP contribution in [0.5, 0.6) is 5.75 Å². The third-order valence-corrected chi connectivity index (χ3v) is 7.05. The number of carboxylic acid groups (broad SMARTS) is 1. The Labute approximate surface area is 224 Å². The van der Waals surface area contributed by atoms with Crippen molar-refractivity contribution in [2.45, 2.75) is 50.9 Å². The quantitative estimate of drug-likeness (QED) is 0.338. The number of aliphatic carboxylic acids is 1. The first-order valence-corrected chi connectivity index (χ1v) is 12.7. The number of nitrogens with zero attached hydrogens (tertiary/aromatic N) is 5. The van der Waals surface area contributed by atoms with Crippen LogP contribution in [0.2, 0.25) is 0 Å². The second-order valence-electron chi connectivity index (χ2n) is 9.94. The number of aryl methyl sites for hydroxylation is 1. The summed E-state index contributed by atoms with van der Waals surface area (Å²) < 4.78 is 25.8. The molecule has 39 heavy (non-hydrogen) atoms. The highest BCUT2D eigenvalue weighted by atomic mass is 16.5. The smallest absolute Gasteiger partial charge is 0.331 e. The largest absolute Gasteiger partial charge is 0.496 e. The first-order chi connectivity index (χ1) is 18.7. The Bertz CT molecular complexity index is 1530. The van der Waals surface area contributed by atoms with Gasteiger partial charge < -0.3 is 28.3 Å². The molecule has 1 aliphatic heterocycles. The summed E-state index contributed by atoms with van der Waals surface area (Å²) in [7, 11) is 3.26. The van der Waals surface area contributed by atoms with Gasteiger partial charge in [-0.2, -0.15) is 5.10 Å². The van der Waals surface area contributed by atoms with Gasteiger partial charge in [-0.3, -0.25) is 4.79 Å². The van der Waals surface area contributed by atoms with Gasteiger partial charge in [0.15, 0.2) is 11.4 Å². The molecule has 0 saturated carbocycles. The van der Waals surface area contributed by atoms with E-state index >= 15 is 0 Å². The van der Waals surface area contributed by atoms with Gasteiger partial charge in [-0.25, -0.2) is 19.4 Å². The van der Waals surface area contributed by atoms with E-state index in [1.807, 2.05) is 24.3 Å². The summed E-state index contributed by atoms with van der Waals surface area (Å²) in [5, 5.41) is 14.5. The van der Waals surface area contributed by atoms with Crippen molar-refractivity contribution in [1.82, 2.24) is 24.3 Å². The zero-order valence-corrected chi connectivity index (χ0v) is 22.3. The van der Waals surface area contributed by atoms with Crippen LogP contribution in [0.1, 0.15) is 44.1 Å². The number of benzene rings is 1. The number of methoxy groups -OCH3 is 1. The third-order valence-electron chi connectivity index (χ3n) is 7.05. The molecule has 0 bridgehead atoms. The fraction of sp³-hybridized carbons (Fsp3) is 0.444. The lowest BCUT2D eigenvalue weighted by Gasteiger charge is -2.29. The molecule has 1 N–H and O–H groups in total. The molecule has 0 unspecified atom stereocenters. The number of carboxylic acids is 1. The standard InChI is InChI=1S/C27H31N5O7/c1-27(2,26(34)35)32-25(33)22-21(29-23(31(22)3)24-28-11-14-38-24)18(30-32)15-20(39-16-9-12-37-13-10-16)17-7-5-6-8-19(17)36-4/h5-8,11,14,16,20H,9-10,12-13,15H2,1-4H3,(H,34,35)/t20-/m0/s1. The van der Waals surface area contributed by atoms with Crippen molar-refractivity contribution in [3.8, 4) is 17.5 Å². The van der Waals surface area contributed by atoms with Crippen LogP contribution in [0, 0.1) is 0 Å². The molecule has 4 aromatic rings. The number of ether oxygens (including phenoxy) is 3. The number of rotatable bonds is 9. The van der Waals surface area contributed by atoms with Crippen molar-refractivity contribution in [3.63, 3.8) is 0 Å². The maximum Gasteiger partial charge on any atom is 0.331 e. The second kappa shape index (κ2) is 10.6. The fourth-order valence-corrected chi connectivity index (χ4v) is 4.77. The minimum atomic E-state index is -1.63. The summed E-state index contributed by atoms with van der Waals surface area (Å²) in [5.41, 5.74) is -0.505. The monoisotopic (exact) mass is 537 g/mol. The molecular weight excluding hydrogens is 506 g/mol. The van der Waals surface area contributed by atoms with Gasteiger partial charge in [0.1, 0.15) is 23.0 Å². The van der Waals surface area contributed by atoms with Crippen molar-refractivity contribution >= 4 is 17.0 Å². The Balaban J connectivity index is 1.70. The van der Waals surface area contributed by atoms with Crippen LogP contribution >= 0.6 is 0 Å². The van der Waals surface area contributed by atoms with Gasteiger partial charge in [0, 0.05) is 32.2 Å². The summed E-state index contributed by atoms with van der Waals surface area (Å²) >= 11 is 0. The predicted octanol–water partition coefficient (Wildman–Crippen LogP) is 3.09. The van der Waals surface area contributed by atoms with E-state index in [9.17, 15) is 14.7 Å². The van der Waals surface area contributed by atoms with E-state index in [-0.39, 0.29) is 23.9 Å². The van der Waals surface area contributed by atoms with Gasteiger partial charge in [0.25, 0.3) is 11.4 Å². The minimum Gasteiger partial charge on any atom is -0.496 e. The van der Waals surface area contributed by atoms with Crippen LogP contribution in [0.25, 0.3) is 22.7 Å². The summed E-state index contributed by atoms with van der Waals surface area (Å²) in [6.07, 6.45) is 3.99. The number of hydrogen-bond donors (Lipinski definition) is 1. The van der Waals surface area contributed by atoms with E-state index in [0.29, 0.717) is 36.0 Å². The Morgan fingerprint density at radius 2 is 2.00 bits per heavy atom. The van der Waals surface area contributed by atoms with Gasteiger partial charge in [-0.1, -0.05) is 18.2 Å². The van der Waals surface area contributed by atoms with E-state index in [4.69, 9.17) is 23.6 Å². The number of carbonyl (C=O) groups is 1. The zero-order chi connectivity index (χ0) is 27.7. The van der Waals surface area contributed by atoms with Crippen LogP contribution in [-0.4, -0.2) is 61.8 Å². The molecule has 206 valence electrons. The predicted molar refractivity (Wildman–Crippen MR) is 140 cm³/mol. The van der Waals surface area contributed by atoms with Gasteiger partial charge >= 0.3 is 5.97 Å². The van der Waals surface area contributed by atoms with E-state index < -0.39 is 23.2 Å². The van der Waals surface area contributed by atoms with E-state index in [0.717, 1.165) is 23.1 Å². The lowest BCUT2D eigenvalue weighted by atomic mass is 10.0. The molecule has 3 aromatic heterocycles. The minimum absolute atomic E-state index is 0.0582. The van der Waals surface area contributed by atoms with Crippen molar-refractivity contribution in [1.29, 1.82) is 0 Å². The number of fused-ring (bicyclic) bond motifs is 1. The molecule has 12 nitrogen and oxygen atoms in total. The highest BCUT2D eigenvalue weighted by molar-refractivity contribution is 5.81. The van der Waals surface area contributed by atoms with Crippen LogP contribution in [0.4, 0.5) is 0 Å². The van der Waals surface area contributed by atoms with Crippen LogP contribution in [0.3, 0.4) is 0 Å². The van der Waals surface area contributed by atoms with E-state index in [1.54, 1.807) is 18.7 Å². The maximum absolute atomic E-state index is 13.7. The maximum atomic E-state index is 13.7. The summed E-state index contributed by atoms with van der Waals surface area (Å²) in [4.78, 5) is 34.7. The van der Waals surface area contributed by atoms with Crippen LogP contribution in [0.15, 0.2) is 45.9 Å². The Hall–Kier alpha value is -4.03. The topological polar surface area (TPSA) is 144 Å². The summed E-state index contributed by atoms with van der Waals surface area (Å²) in [6, 6.07) is 7.56. The average molecular weight is 538 g/mol. The Kier molecular flexibility index (Phi) is 7.23. The normalized spacial score (nSPS) is 15.5. The molecule has 1 aromatic carbocycles. The summed E-state index contributed by atoms with van der Waals surface area (Å²) in [6.45, 7) is 4.06. The van der Waals surface area contributed by atoms with Crippen LogP contribution < -0.4 is 10.3 Å². The lowest BCUT2D eigenvalue weighted by Crippen LogP contribution is -2.45. The molecule has 1 aliphatic rings. The number of hydrogen-bond acceptors (Lipinski definition) is 9. The van der Waals surface area contributed by atoms with Crippen LogP contribution in [-0.2, 0) is 33.3 Å².